The van der Waals surface area contributed by atoms with Crippen molar-refractivity contribution in [3.63, 3.8) is 0 Å². The maximum atomic E-state index is 14.8. The summed E-state index contributed by atoms with van der Waals surface area (Å²) >= 11 is 0. The quantitative estimate of drug-likeness (QED) is 0.236. The Hall–Kier alpha value is -4.08. The lowest BCUT2D eigenvalue weighted by molar-refractivity contribution is -0.142. The molecule has 0 atom stereocenters. The van der Waals surface area contributed by atoms with Gasteiger partial charge in [-0.3, -0.25) is 0 Å². The predicted octanol–water partition coefficient (Wildman–Crippen LogP) is 5.99. The van der Waals surface area contributed by atoms with E-state index in [-0.39, 0.29) is 34.7 Å². The van der Waals surface area contributed by atoms with Crippen LogP contribution in [0.3, 0.4) is 0 Å². The number of aryl methyl sites for hydroxylation is 1. The molecular weight excluding hydrogens is 499 g/mol. The molecule has 7 nitrogen and oxygen atoms in total. The van der Waals surface area contributed by atoms with E-state index < -0.39 is 25.0 Å². The molecular formula is C28H28F3N3O4. The van der Waals surface area contributed by atoms with Crippen LogP contribution >= 0.6 is 0 Å². The van der Waals surface area contributed by atoms with E-state index >= 15 is 0 Å². The molecule has 0 fully saturated rings. The van der Waals surface area contributed by atoms with Gasteiger partial charge in [-0.05, 0) is 36.2 Å². The average molecular weight is 528 g/mol. The zero-order chi connectivity index (χ0) is 27.4. The fourth-order valence-electron chi connectivity index (χ4n) is 4.31. The molecule has 0 N–H and O–H groups in total. The van der Waals surface area contributed by atoms with Crippen LogP contribution in [0.5, 0.6) is 11.5 Å². The van der Waals surface area contributed by atoms with Gasteiger partial charge >= 0.3 is 12.6 Å². The Labute approximate surface area is 218 Å². The minimum atomic E-state index is -3.18. The molecule has 0 aliphatic carbocycles. The van der Waals surface area contributed by atoms with Gasteiger partial charge in [-0.2, -0.15) is 8.78 Å². The first-order chi connectivity index (χ1) is 18.2. The Balaban J connectivity index is 1.81. The first-order valence-electron chi connectivity index (χ1n) is 12.1. The molecule has 2 aromatic carbocycles. The normalized spacial score (nSPS) is 11.4. The van der Waals surface area contributed by atoms with Gasteiger partial charge in [0, 0.05) is 41.7 Å². The number of methoxy groups -OCH3 is 1. The fraction of sp³-hybridized carbons (Fsp3) is 0.321. The van der Waals surface area contributed by atoms with Crippen molar-refractivity contribution in [3.8, 4) is 17.2 Å². The number of ether oxygens (including phenoxy) is 3. The van der Waals surface area contributed by atoms with Crippen molar-refractivity contribution in [3.05, 3.63) is 77.3 Å². The Morgan fingerprint density at radius 2 is 1.84 bits per heavy atom. The number of fused-ring (bicyclic) bond motifs is 1. The molecule has 10 heteroatoms. The van der Waals surface area contributed by atoms with Gasteiger partial charge < -0.3 is 18.8 Å². The van der Waals surface area contributed by atoms with E-state index in [1.54, 1.807) is 13.1 Å². The molecule has 0 aliphatic heterocycles. The Morgan fingerprint density at radius 3 is 2.47 bits per heavy atom. The molecule has 0 amide bonds. The Kier molecular flexibility index (Phi) is 8.19. The molecule has 0 radical (unpaired) electrons. The van der Waals surface area contributed by atoms with Crippen molar-refractivity contribution < 1.29 is 32.2 Å². The van der Waals surface area contributed by atoms with Gasteiger partial charge in [0.25, 0.3) is 0 Å². The number of alkyl halides is 2. The van der Waals surface area contributed by atoms with Crippen LogP contribution in [0.4, 0.5) is 13.2 Å². The maximum absolute atomic E-state index is 14.8. The Bertz CT molecular complexity index is 1440. The van der Waals surface area contributed by atoms with Crippen molar-refractivity contribution in [2.24, 2.45) is 0 Å². The summed E-state index contributed by atoms with van der Waals surface area (Å²) in [7, 11) is 1.19. The summed E-state index contributed by atoms with van der Waals surface area (Å²) in [5.74, 6) is -0.519. The number of imidazole rings is 1. The minimum Gasteiger partial charge on any atom is -0.481 e. The molecule has 0 bridgehead atoms. The number of hydrogen-bond acceptors (Lipinski definition) is 6. The van der Waals surface area contributed by atoms with Gasteiger partial charge in [-0.25, -0.2) is 19.2 Å². The zero-order valence-corrected chi connectivity index (χ0v) is 21.5. The lowest BCUT2D eigenvalue weighted by Crippen LogP contribution is -2.14. The van der Waals surface area contributed by atoms with Crippen LogP contribution in [0.2, 0.25) is 0 Å². The van der Waals surface area contributed by atoms with E-state index in [2.05, 4.69) is 28.6 Å². The second kappa shape index (κ2) is 11.5. The van der Waals surface area contributed by atoms with E-state index in [1.165, 1.54) is 13.2 Å². The van der Waals surface area contributed by atoms with Crippen LogP contribution in [0.1, 0.15) is 49.3 Å². The number of rotatable bonds is 10. The lowest BCUT2D eigenvalue weighted by atomic mass is 9.98. The molecule has 200 valence electrons. The van der Waals surface area contributed by atoms with Crippen LogP contribution < -0.4 is 9.47 Å². The summed E-state index contributed by atoms with van der Waals surface area (Å²) in [6.45, 7) is 2.24. The van der Waals surface area contributed by atoms with Crippen LogP contribution in [0.25, 0.3) is 16.6 Å². The number of benzene rings is 2. The topological polar surface area (TPSA) is 75.5 Å². The summed E-state index contributed by atoms with van der Waals surface area (Å²) in [5.41, 5.74) is 2.33. The summed E-state index contributed by atoms with van der Waals surface area (Å²) in [5, 5.41) is -0.0713. The van der Waals surface area contributed by atoms with Crippen LogP contribution in [0, 0.1) is 5.82 Å². The highest BCUT2D eigenvalue weighted by Crippen LogP contribution is 2.40. The third kappa shape index (κ3) is 5.58. The van der Waals surface area contributed by atoms with Gasteiger partial charge in [-0.15, -0.1) is 0 Å². The van der Waals surface area contributed by atoms with Crippen LogP contribution in [-0.2, 0) is 22.4 Å². The fourth-order valence-corrected chi connectivity index (χ4v) is 4.31. The number of pyridine rings is 1. The largest absolute Gasteiger partial charge is 0.481 e. The van der Waals surface area contributed by atoms with Gasteiger partial charge in [0.05, 0.1) is 12.5 Å². The third-order valence-corrected chi connectivity index (χ3v) is 6.08. The van der Waals surface area contributed by atoms with Gasteiger partial charge in [0.15, 0.2) is 6.61 Å². The highest BCUT2D eigenvalue weighted by atomic mass is 19.3. The van der Waals surface area contributed by atoms with Crippen LogP contribution in [0.15, 0.2) is 48.8 Å². The molecule has 0 saturated heterocycles. The van der Waals surface area contributed by atoms with E-state index in [1.807, 2.05) is 35.0 Å². The molecule has 4 rings (SSSR count). The Morgan fingerprint density at radius 1 is 1.11 bits per heavy atom. The summed E-state index contributed by atoms with van der Waals surface area (Å²) in [6.07, 6.45) is 4.17. The average Bonchev–Trinajstić information content (AvgIpc) is 3.40. The van der Waals surface area contributed by atoms with Crippen molar-refractivity contribution in [2.45, 2.75) is 46.1 Å². The number of nitrogens with zero attached hydrogens (tertiary/aromatic N) is 3. The van der Waals surface area contributed by atoms with Crippen molar-refractivity contribution in [1.29, 1.82) is 0 Å². The number of halogens is 3. The first-order valence-corrected chi connectivity index (χ1v) is 12.1. The number of carbonyl (C=O) groups is 1. The number of aromatic nitrogens is 3. The number of carbonyl (C=O) groups excluding carboxylic acids is 1. The van der Waals surface area contributed by atoms with Gasteiger partial charge in [0.1, 0.15) is 28.7 Å². The van der Waals surface area contributed by atoms with E-state index in [4.69, 9.17) is 9.47 Å². The maximum Gasteiger partial charge on any atom is 0.387 e. The van der Waals surface area contributed by atoms with Crippen molar-refractivity contribution >= 4 is 16.9 Å². The van der Waals surface area contributed by atoms with E-state index in [0.717, 1.165) is 23.1 Å². The second-order valence-corrected chi connectivity index (χ2v) is 8.89. The summed E-state index contributed by atoms with van der Waals surface area (Å²) in [6, 6.07) is 9.96. The highest BCUT2D eigenvalue weighted by molar-refractivity contribution is 5.93. The SMILES string of the molecule is CCc1nc2c(F)ccc(OCC(=O)OC)c2c(OC(F)F)c1Cc1ccc(-n2ccnc2C(C)C)cc1. The molecule has 0 unspecified atom stereocenters. The smallest absolute Gasteiger partial charge is 0.387 e. The zero-order valence-electron chi connectivity index (χ0n) is 21.5. The first kappa shape index (κ1) is 27.0. The van der Waals surface area contributed by atoms with Gasteiger partial charge in [0.2, 0.25) is 0 Å². The van der Waals surface area contributed by atoms with E-state index in [0.29, 0.717) is 17.7 Å². The summed E-state index contributed by atoms with van der Waals surface area (Å²) in [4.78, 5) is 20.5. The molecule has 2 heterocycles. The third-order valence-electron chi connectivity index (χ3n) is 6.08. The van der Waals surface area contributed by atoms with Crippen molar-refractivity contribution in [1.82, 2.24) is 14.5 Å². The molecule has 0 saturated carbocycles. The molecule has 4 aromatic rings. The standard InChI is InChI=1S/C28H28F3N3O4/c1-5-21-19(14-17-6-8-18(9-7-17)34-13-12-32-27(34)16(2)3)26(38-28(30)31)24-22(37-15-23(35)36-4)11-10-20(29)25(24)33-21/h6-13,16,28H,5,14-15H2,1-4H3. The monoisotopic (exact) mass is 527 g/mol. The predicted molar refractivity (Wildman–Crippen MR) is 136 cm³/mol. The summed E-state index contributed by atoms with van der Waals surface area (Å²) < 4.78 is 59.2. The molecule has 2 aromatic heterocycles. The van der Waals surface area contributed by atoms with Crippen LogP contribution in [-0.4, -0.2) is 40.8 Å². The minimum absolute atomic E-state index is 0.0180. The van der Waals surface area contributed by atoms with Crippen molar-refractivity contribution in [2.75, 3.05) is 13.7 Å². The number of esters is 1. The molecule has 38 heavy (non-hydrogen) atoms. The van der Waals surface area contributed by atoms with E-state index in [9.17, 15) is 18.0 Å². The molecule has 0 spiro atoms. The highest BCUT2D eigenvalue weighted by Gasteiger charge is 2.24. The second-order valence-electron chi connectivity index (χ2n) is 8.89. The molecule has 0 aliphatic rings. The number of hydrogen-bond donors (Lipinski definition) is 0. The van der Waals surface area contributed by atoms with Gasteiger partial charge in [-0.1, -0.05) is 32.9 Å². The lowest BCUT2D eigenvalue weighted by Gasteiger charge is -2.19.